The zero-order valence-corrected chi connectivity index (χ0v) is 18.0. The fraction of sp³-hybridized carbons (Fsp3) is 0.417. The van der Waals surface area contributed by atoms with E-state index in [4.69, 9.17) is 9.16 Å². The van der Waals surface area contributed by atoms with E-state index in [0.717, 1.165) is 5.57 Å². The number of fused-ring (bicyclic) bond motifs is 2. The van der Waals surface area contributed by atoms with E-state index in [1.54, 1.807) is 0 Å². The van der Waals surface area contributed by atoms with Crippen molar-refractivity contribution in [3.63, 3.8) is 0 Å². The molecule has 2 fully saturated rings. The molecule has 0 radical (unpaired) electrons. The van der Waals surface area contributed by atoms with Crippen molar-refractivity contribution in [1.29, 1.82) is 0 Å². The van der Waals surface area contributed by atoms with Gasteiger partial charge in [0.1, 0.15) is 5.60 Å². The minimum absolute atomic E-state index is 0.0442. The zero-order valence-electron chi connectivity index (χ0n) is 17.0. The lowest BCUT2D eigenvalue weighted by atomic mass is 10.0. The second-order valence-corrected chi connectivity index (χ2v) is 13.5. The van der Waals surface area contributed by atoms with Crippen LogP contribution in [0.1, 0.15) is 27.2 Å². The third-order valence-corrected chi connectivity index (χ3v) is 11.5. The van der Waals surface area contributed by atoms with Gasteiger partial charge in [-0.25, -0.2) is 0 Å². The fourth-order valence-electron chi connectivity index (χ4n) is 4.98. The van der Waals surface area contributed by atoms with Crippen molar-refractivity contribution < 1.29 is 14.3 Å². The summed E-state index contributed by atoms with van der Waals surface area (Å²) in [6.07, 6.45) is 0.148. The first-order valence-electron chi connectivity index (χ1n) is 10.0. The minimum atomic E-state index is -2.63. The quantitative estimate of drug-likeness (QED) is 0.625. The molecule has 2 aliphatic rings. The number of rotatable bonds is 5. The number of aliphatic hydroxyl groups excluding tert-OH is 1. The van der Waals surface area contributed by atoms with Gasteiger partial charge in [0, 0.05) is 12.3 Å². The maximum Gasteiger partial charge on any atom is 0.261 e. The molecule has 1 saturated heterocycles. The van der Waals surface area contributed by atoms with Gasteiger partial charge >= 0.3 is 0 Å². The molecule has 2 bridgehead atoms. The van der Waals surface area contributed by atoms with E-state index in [1.165, 1.54) is 10.4 Å². The molecule has 0 aromatic heterocycles. The van der Waals surface area contributed by atoms with Gasteiger partial charge in [-0.05, 0) is 15.4 Å². The average molecular weight is 395 g/mol. The summed E-state index contributed by atoms with van der Waals surface area (Å²) in [4.78, 5) is 0. The van der Waals surface area contributed by atoms with Crippen molar-refractivity contribution in [2.24, 2.45) is 5.92 Å². The summed E-state index contributed by atoms with van der Waals surface area (Å²) < 4.78 is 13.1. The summed E-state index contributed by atoms with van der Waals surface area (Å²) in [5.74, 6) is 0.0442. The molecular formula is C24H30O3Si. The predicted octanol–water partition coefficient (Wildman–Crippen LogP) is 3.27. The monoisotopic (exact) mass is 394 g/mol. The van der Waals surface area contributed by atoms with E-state index < -0.39 is 20.0 Å². The Labute approximate surface area is 169 Å². The maximum atomic E-state index is 10.8. The van der Waals surface area contributed by atoms with Crippen LogP contribution in [-0.2, 0) is 9.16 Å². The Balaban J connectivity index is 1.79. The van der Waals surface area contributed by atoms with Crippen LogP contribution < -0.4 is 10.4 Å². The molecule has 4 heteroatoms. The van der Waals surface area contributed by atoms with Crippen LogP contribution in [0.5, 0.6) is 0 Å². The Kier molecular flexibility index (Phi) is 4.87. The molecular weight excluding hydrogens is 364 g/mol. The number of hydrogen-bond donors (Lipinski definition) is 1. The lowest BCUT2D eigenvalue weighted by Gasteiger charge is -2.45. The van der Waals surface area contributed by atoms with Crippen LogP contribution in [-0.4, -0.2) is 38.3 Å². The van der Waals surface area contributed by atoms with Gasteiger partial charge in [0.05, 0.1) is 19.3 Å². The summed E-state index contributed by atoms with van der Waals surface area (Å²) in [5, 5.41) is 13.2. The van der Waals surface area contributed by atoms with E-state index >= 15 is 0 Å². The number of aliphatic hydroxyl groups is 1. The van der Waals surface area contributed by atoms with Crippen LogP contribution in [0.25, 0.3) is 0 Å². The molecule has 0 amide bonds. The Morgan fingerprint density at radius 2 is 1.61 bits per heavy atom. The first kappa shape index (κ1) is 19.6. The molecule has 148 valence electrons. The van der Waals surface area contributed by atoms with Crippen molar-refractivity contribution in [2.75, 3.05) is 13.2 Å². The van der Waals surface area contributed by atoms with Gasteiger partial charge < -0.3 is 14.3 Å². The SMILES string of the molecule is C=C1C[C@@]2(CO[Si](c3ccccc3)(c3ccccc3)C(C)(C)C)OC[C@@H]1[C@@H]2O. The minimum Gasteiger partial charge on any atom is -0.404 e. The Morgan fingerprint density at radius 1 is 1.07 bits per heavy atom. The Morgan fingerprint density at radius 3 is 2.00 bits per heavy atom. The highest BCUT2D eigenvalue weighted by Crippen LogP contribution is 2.48. The van der Waals surface area contributed by atoms with Crippen molar-refractivity contribution in [1.82, 2.24) is 0 Å². The molecule has 3 atom stereocenters. The van der Waals surface area contributed by atoms with Crippen molar-refractivity contribution >= 4 is 18.7 Å². The van der Waals surface area contributed by atoms with Crippen molar-refractivity contribution in [3.8, 4) is 0 Å². The molecule has 2 aromatic carbocycles. The number of hydrogen-bond acceptors (Lipinski definition) is 3. The van der Waals surface area contributed by atoms with Gasteiger partial charge in [-0.3, -0.25) is 0 Å². The van der Waals surface area contributed by atoms with Crippen LogP contribution in [0.2, 0.25) is 5.04 Å². The summed E-state index contributed by atoms with van der Waals surface area (Å²) in [6, 6.07) is 21.2. The van der Waals surface area contributed by atoms with Gasteiger partial charge in [0.25, 0.3) is 8.32 Å². The summed E-state index contributed by atoms with van der Waals surface area (Å²) >= 11 is 0. The van der Waals surface area contributed by atoms with Crippen LogP contribution in [0.3, 0.4) is 0 Å². The summed E-state index contributed by atoms with van der Waals surface area (Å²) in [7, 11) is -2.63. The fourth-order valence-corrected chi connectivity index (χ4v) is 9.60. The van der Waals surface area contributed by atoms with Crippen molar-refractivity contribution in [2.45, 2.75) is 43.9 Å². The lowest BCUT2D eigenvalue weighted by Crippen LogP contribution is -2.68. The predicted molar refractivity (Wildman–Crippen MR) is 116 cm³/mol. The topological polar surface area (TPSA) is 38.7 Å². The molecule has 1 aliphatic heterocycles. The Hall–Kier alpha value is -1.72. The van der Waals surface area contributed by atoms with Gasteiger partial charge in [-0.2, -0.15) is 0 Å². The van der Waals surface area contributed by atoms with E-state index in [2.05, 4.69) is 75.9 Å². The van der Waals surface area contributed by atoms with Gasteiger partial charge in [-0.1, -0.05) is 93.6 Å². The highest BCUT2D eigenvalue weighted by molar-refractivity contribution is 6.99. The molecule has 2 aromatic rings. The van der Waals surface area contributed by atoms with Gasteiger partial charge in [-0.15, -0.1) is 0 Å². The average Bonchev–Trinajstić information content (AvgIpc) is 3.11. The molecule has 3 nitrogen and oxygen atoms in total. The highest BCUT2D eigenvalue weighted by atomic mass is 28.4. The Bertz CT molecular complexity index is 804. The highest BCUT2D eigenvalue weighted by Gasteiger charge is 2.59. The molecule has 28 heavy (non-hydrogen) atoms. The number of ether oxygens (including phenoxy) is 1. The molecule has 0 spiro atoms. The lowest BCUT2D eigenvalue weighted by molar-refractivity contribution is -0.0802. The van der Waals surface area contributed by atoms with Crippen LogP contribution >= 0.6 is 0 Å². The largest absolute Gasteiger partial charge is 0.404 e. The maximum absolute atomic E-state index is 10.8. The molecule has 1 heterocycles. The number of benzene rings is 2. The smallest absolute Gasteiger partial charge is 0.261 e. The second kappa shape index (κ2) is 6.96. The van der Waals surface area contributed by atoms with E-state index in [-0.39, 0.29) is 11.0 Å². The normalized spacial score (nSPS) is 27.4. The van der Waals surface area contributed by atoms with E-state index in [1.807, 2.05) is 12.1 Å². The molecule has 1 N–H and O–H groups in total. The van der Waals surface area contributed by atoms with Crippen LogP contribution in [0.4, 0.5) is 0 Å². The van der Waals surface area contributed by atoms with Gasteiger partial charge in [0.15, 0.2) is 0 Å². The third kappa shape index (κ3) is 2.91. The molecule has 1 aliphatic carbocycles. The third-order valence-electron chi connectivity index (χ3n) is 6.47. The molecule has 1 saturated carbocycles. The summed E-state index contributed by atoms with van der Waals surface area (Å²) in [5.41, 5.74) is 0.430. The van der Waals surface area contributed by atoms with E-state index in [0.29, 0.717) is 19.6 Å². The van der Waals surface area contributed by atoms with E-state index in [9.17, 15) is 5.11 Å². The first-order chi connectivity index (χ1) is 13.3. The summed E-state index contributed by atoms with van der Waals surface area (Å²) in [6.45, 7) is 11.9. The van der Waals surface area contributed by atoms with Crippen molar-refractivity contribution in [3.05, 3.63) is 72.8 Å². The second-order valence-electron chi connectivity index (χ2n) is 9.21. The standard InChI is InChI=1S/C24H30O3Si/c1-18-15-24(22(25)21(18)16-26-24)17-27-28(23(2,3)4,19-11-7-5-8-12-19)20-13-9-6-10-14-20/h5-14,21-22,25H,1,15-17H2,2-4H3/t21-,22-,24-/m0/s1. The van der Waals surface area contributed by atoms with Crippen LogP contribution in [0, 0.1) is 5.92 Å². The zero-order chi connectivity index (χ0) is 20.0. The first-order valence-corrected chi connectivity index (χ1v) is 12.0. The van der Waals surface area contributed by atoms with Crippen LogP contribution in [0.15, 0.2) is 72.8 Å². The molecule has 4 rings (SSSR count). The molecule has 0 unspecified atom stereocenters. The van der Waals surface area contributed by atoms with Gasteiger partial charge in [0.2, 0.25) is 0 Å².